The van der Waals surface area contributed by atoms with Crippen LogP contribution in [0.25, 0.3) is 0 Å². The Morgan fingerprint density at radius 3 is 2.67 bits per heavy atom. The molecule has 0 fully saturated rings. The van der Waals surface area contributed by atoms with Gasteiger partial charge in [-0.15, -0.1) is 11.8 Å². The molecular formula is C8H16S. The van der Waals surface area contributed by atoms with Gasteiger partial charge in [0.2, 0.25) is 0 Å². The van der Waals surface area contributed by atoms with Crippen LogP contribution < -0.4 is 0 Å². The van der Waals surface area contributed by atoms with Crippen molar-refractivity contribution in [3.8, 4) is 0 Å². The Balaban J connectivity index is 2.82. The summed E-state index contributed by atoms with van der Waals surface area (Å²) in [6.07, 6.45) is 9.66. The molecule has 9 heavy (non-hydrogen) atoms. The second-order valence-electron chi connectivity index (χ2n) is 2.10. The van der Waals surface area contributed by atoms with Crippen molar-refractivity contribution in [2.75, 3.05) is 6.26 Å². The van der Waals surface area contributed by atoms with Crippen LogP contribution in [-0.2, 0) is 0 Å². The Hall–Kier alpha value is 0.0900. The number of hydrogen-bond acceptors (Lipinski definition) is 1. The van der Waals surface area contributed by atoms with Gasteiger partial charge in [0.15, 0.2) is 0 Å². The third kappa shape index (κ3) is 8.09. The predicted octanol–water partition coefficient (Wildman–Crippen LogP) is 3.44. The SMILES string of the molecule is CCCCC/C=C\SC. The minimum absolute atomic E-state index is 1.26. The first kappa shape index (κ1) is 9.09. The Bertz CT molecular complexity index is 67.0. The molecule has 0 spiro atoms. The maximum absolute atomic E-state index is 2.25. The molecule has 0 radical (unpaired) electrons. The number of hydrogen-bond donors (Lipinski definition) is 0. The van der Waals surface area contributed by atoms with E-state index in [0.29, 0.717) is 0 Å². The van der Waals surface area contributed by atoms with Crippen molar-refractivity contribution in [3.05, 3.63) is 11.5 Å². The zero-order chi connectivity index (χ0) is 6.95. The molecule has 0 saturated heterocycles. The van der Waals surface area contributed by atoms with Gasteiger partial charge in [0, 0.05) is 0 Å². The molecule has 0 aliphatic rings. The number of unbranched alkanes of at least 4 members (excludes halogenated alkanes) is 3. The minimum atomic E-state index is 1.26. The van der Waals surface area contributed by atoms with Gasteiger partial charge in [0.05, 0.1) is 0 Å². The minimum Gasteiger partial charge on any atom is -0.138 e. The summed E-state index contributed by atoms with van der Waals surface area (Å²) < 4.78 is 0. The lowest BCUT2D eigenvalue weighted by Gasteiger charge is -1.89. The lowest BCUT2D eigenvalue weighted by molar-refractivity contribution is 0.729. The molecular weight excluding hydrogens is 128 g/mol. The summed E-state index contributed by atoms with van der Waals surface area (Å²) in [6, 6.07) is 0. The fourth-order valence-electron chi connectivity index (χ4n) is 0.676. The van der Waals surface area contributed by atoms with Crippen molar-refractivity contribution in [1.82, 2.24) is 0 Å². The first-order valence-corrected chi connectivity index (χ1v) is 4.88. The van der Waals surface area contributed by atoms with E-state index < -0.39 is 0 Å². The topological polar surface area (TPSA) is 0 Å². The molecule has 0 aliphatic carbocycles. The third-order valence-electron chi connectivity index (χ3n) is 1.21. The summed E-state index contributed by atoms with van der Waals surface area (Å²) in [5.74, 6) is 0. The van der Waals surface area contributed by atoms with E-state index in [2.05, 4.69) is 24.7 Å². The van der Waals surface area contributed by atoms with Gasteiger partial charge in [0.1, 0.15) is 0 Å². The first-order valence-electron chi connectivity index (χ1n) is 3.59. The van der Waals surface area contributed by atoms with Crippen LogP contribution in [0.3, 0.4) is 0 Å². The smallest absolute Gasteiger partial charge is 0.0142 e. The van der Waals surface area contributed by atoms with Crippen LogP contribution in [0.2, 0.25) is 0 Å². The van der Waals surface area contributed by atoms with Gasteiger partial charge >= 0.3 is 0 Å². The highest BCUT2D eigenvalue weighted by molar-refractivity contribution is 8.01. The van der Waals surface area contributed by atoms with Gasteiger partial charge in [-0.1, -0.05) is 25.8 Å². The van der Waals surface area contributed by atoms with E-state index >= 15 is 0 Å². The summed E-state index contributed by atoms with van der Waals surface area (Å²) in [6.45, 7) is 2.23. The Kier molecular flexibility index (Phi) is 8.17. The Morgan fingerprint density at radius 2 is 2.11 bits per heavy atom. The fourth-order valence-corrected chi connectivity index (χ4v) is 1.00. The lowest BCUT2D eigenvalue weighted by atomic mass is 10.2. The molecule has 0 amide bonds. The highest BCUT2D eigenvalue weighted by atomic mass is 32.2. The average molecular weight is 144 g/mol. The second kappa shape index (κ2) is 8.09. The number of thioether (sulfide) groups is 1. The molecule has 0 atom stereocenters. The molecule has 1 heteroatoms. The molecule has 0 aromatic carbocycles. The van der Waals surface area contributed by atoms with E-state index in [0.717, 1.165) is 0 Å². The largest absolute Gasteiger partial charge is 0.138 e. The van der Waals surface area contributed by atoms with E-state index in [1.807, 2.05) is 0 Å². The van der Waals surface area contributed by atoms with E-state index in [4.69, 9.17) is 0 Å². The molecule has 0 saturated carbocycles. The molecule has 0 heterocycles. The monoisotopic (exact) mass is 144 g/mol. The van der Waals surface area contributed by atoms with Crippen LogP contribution in [0.15, 0.2) is 11.5 Å². The van der Waals surface area contributed by atoms with E-state index in [9.17, 15) is 0 Å². The van der Waals surface area contributed by atoms with Crippen molar-refractivity contribution >= 4 is 11.8 Å². The molecule has 0 nitrogen and oxygen atoms in total. The standard InChI is InChI=1S/C8H16S/c1-3-4-5-6-7-8-9-2/h7-8H,3-6H2,1-2H3/b8-7-. The Morgan fingerprint density at radius 1 is 1.33 bits per heavy atom. The Labute approximate surface area is 62.7 Å². The van der Waals surface area contributed by atoms with Crippen molar-refractivity contribution in [2.45, 2.75) is 32.6 Å². The summed E-state index contributed by atoms with van der Waals surface area (Å²) in [4.78, 5) is 0. The van der Waals surface area contributed by atoms with Crippen LogP contribution >= 0.6 is 11.8 Å². The quantitative estimate of drug-likeness (QED) is 0.533. The van der Waals surface area contributed by atoms with Gasteiger partial charge < -0.3 is 0 Å². The van der Waals surface area contributed by atoms with Crippen molar-refractivity contribution < 1.29 is 0 Å². The number of allylic oxidation sites excluding steroid dienone is 1. The maximum atomic E-state index is 2.25. The summed E-state index contributed by atoms with van der Waals surface area (Å²) in [7, 11) is 0. The van der Waals surface area contributed by atoms with Crippen LogP contribution in [-0.4, -0.2) is 6.26 Å². The number of rotatable bonds is 5. The van der Waals surface area contributed by atoms with Gasteiger partial charge in [-0.2, -0.15) is 0 Å². The zero-order valence-corrected chi connectivity index (χ0v) is 7.21. The molecule has 0 aromatic heterocycles. The van der Waals surface area contributed by atoms with E-state index in [1.54, 1.807) is 11.8 Å². The molecule has 0 N–H and O–H groups in total. The molecule has 54 valence electrons. The summed E-state index contributed by atoms with van der Waals surface area (Å²) in [5.41, 5.74) is 0. The molecule has 0 aromatic rings. The third-order valence-corrected chi connectivity index (χ3v) is 1.67. The van der Waals surface area contributed by atoms with Crippen LogP contribution in [0.1, 0.15) is 32.6 Å². The normalized spacial score (nSPS) is 10.9. The zero-order valence-electron chi connectivity index (χ0n) is 6.39. The fraction of sp³-hybridized carbons (Fsp3) is 0.750. The lowest BCUT2D eigenvalue weighted by Crippen LogP contribution is -1.69. The summed E-state index contributed by atoms with van der Waals surface area (Å²) in [5, 5.41) is 2.16. The molecule has 0 bridgehead atoms. The highest BCUT2D eigenvalue weighted by Gasteiger charge is 1.79. The van der Waals surface area contributed by atoms with Crippen LogP contribution in [0, 0.1) is 0 Å². The predicted molar refractivity (Wildman–Crippen MR) is 46.8 cm³/mol. The maximum Gasteiger partial charge on any atom is -0.0142 e. The molecule has 0 rings (SSSR count). The molecule has 0 aliphatic heterocycles. The van der Waals surface area contributed by atoms with Crippen molar-refractivity contribution in [2.24, 2.45) is 0 Å². The first-order chi connectivity index (χ1) is 4.41. The van der Waals surface area contributed by atoms with Crippen molar-refractivity contribution in [1.29, 1.82) is 0 Å². The van der Waals surface area contributed by atoms with Crippen molar-refractivity contribution in [3.63, 3.8) is 0 Å². The summed E-state index contributed by atoms with van der Waals surface area (Å²) >= 11 is 1.78. The van der Waals surface area contributed by atoms with Gasteiger partial charge in [-0.05, 0) is 24.5 Å². The van der Waals surface area contributed by atoms with E-state index in [-0.39, 0.29) is 0 Å². The van der Waals surface area contributed by atoms with E-state index in [1.165, 1.54) is 25.7 Å². The molecule has 0 unspecified atom stereocenters. The van der Waals surface area contributed by atoms with Gasteiger partial charge in [-0.3, -0.25) is 0 Å². The average Bonchev–Trinajstić information content (AvgIpc) is 1.89. The van der Waals surface area contributed by atoms with Gasteiger partial charge in [-0.25, -0.2) is 0 Å². The highest BCUT2D eigenvalue weighted by Crippen LogP contribution is 2.02. The van der Waals surface area contributed by atoms with Crippen LogP contribution in [0.4, 0.5) is 0 Å². The second-order valence-corrected chi connectivity index (χ2v) is 2.85. The van der Waals surface area contributed by atoms with Gasteiger partial charge in [0.25, 0.3) is 0 Å². The van der Waals surface area contributed by atoms with Crippen LogP contribution in [0.5, 0.6) is 0 Å².